The van der Waals surface area contributed by atoms with Gasteiger partial charge in [0.2, 0.25) is 0 Å². The maximum absolute atomic E-state index is 13.7. The van der Waals surface area contributed by atoms with Gasteiger partial charge in [-0.2, -0.15) is 5.10 Å². The van der Waals surface area contributed by atoms with Crippen molar-refractivity contribution in [2.24, 2.45) is 0 Å². The standard InChI is InChI=1S/C27H25N5O4/c1-36-25-10-6-5-9-23(25)26-24(19-31(28-26)21-7-3-2-4-8-21)27(33)30-17-15-29(16-18-30)20-11-13-22(14-12-20)32(34)35/h2-14,19H,15-18H2,1H3. The molecule has 182 valence electrons. The second-order valence-electron chi connectivity index (χ2n) is 8.42. The van der Waals surface area contributed by atoms with E-state index in [0.717, 1.165) is 16.9 Å². The largest absolute Gasteiger partial charge is 0.496 e. The van der Waals surface area contributed by atoms with Gasteiger partial charge >= 0.3 is 0 Å². The molecule has 1 aliphatic rings. The molecule has 36 heavy (non-hydrogen) atoms. The number of carbonyl (C=O) groups excluding carboxylic acids is 1. The number of para-hydroxylation sites is 2. The summed E-state index contributed by atoms with van der Waals surface area (Å²) in [6.07, 6.45) is 1.78. The minimum absolute atomic E-state index is 0.0619. The lowest BCUT2D eigenvalue weighted by atomic mass is 10.1. The predicted molar refractivity (Wildman–Crippen MR) is 137 cm³/mol. The van der Waals surface area contributed by atoms with Crippen LogP contribution >= 0.6 is 0 Å². The lowest BCUT2D eigenvalue weighted by Gasteiger charge is -2.36. The molecule has 0 N–H and O–H groups in total. The van der Waals surface area contributed by atoms with E-state index in [1.807, 2.05) is 59.5 Å². The average Bonchev–Trinajstić information content (AvgIpc) is 3.38. The van der Waals surface area contributed by atoms with Gasteiger partial charge < -0.3 is 14.5 Å². The van der Waals surface area contributed by atoms with Gasteiger partial charge in [-0.05, 0) is 36.4 Å². The highest BCUT2D eigenvalue weighted by molar-refractivity contribution is 6.00. The van der Waals surface area contributed by atoms with E-state index in [0.29, 0.717) is 43.2 Å². The van der Waals surface area contributed by atoms with Crippen molar-refractivity contribution in [2.75, 3.05) is 38.2 Å². The van der Waals surface area contributed by atoms with Crippen LogP contribution in [0.25, 0.3) is 16.9 Å². The number of hydrogen-bond acceptors (Lipinski definition) is 6. The smallest absolute Gasteiger partial charge is 0.269 e. The first kappa shape index (κ1) is 23.1. The third-order valence-corrected chi connectivity index (χ3v) is 6.32. The van der Waals surface area contributed by atoms with Gasteiger partial charge in [0, 0.05) is 55.8 Å². The first-order valence-corrected chi connectivity index (χ1v) is 11.6. The number of aromatic nitrogens is 2. The summed E-state index contributed by atoms with van der Waals surface area (Å²) in [7, 11) is 1.60. The van der Waals surface area contributed by atoms with Crippen LogP contribution < -0.4 is 9.64 Å². The molecule has 1 saturated heterocycles. The topological polar surface area (TPSA) is 93.7 Å². The molecule has 9 heteroatoms. The van der Waals surface area contributed by atoms with E-state index in [9.17, 15) is 14.9 Å². The predicted octanol–water partition coefficient (Wildman–Crippen LogP) is 4.42. The van der Waals surface area contributed by atoms with Crippen LogP contribution in [0.1, 0.15) is 10.4 Å². The van der Waals surface area contributed by atoms with E-state index < -0.39 is 4.92 Å². The van der Waals surface area contributed by atoms with Crippen LogP contribution in [0, 0.1) is 10.1 Å². The Hall–Kier alpha value is -4.66. The molecule has 0 radical (unpaired) electrons. The summed E-state index contributed by atoms with van der Waals surface area (Å²) in [5.74, 6) is 0.550. The summed E-state index contributed by atoms with van der Waals surface area (Å²) in [6.45, 7) is 2.30. The molecule has 0 aliphatic carbocycles. The SMILES string of the molecule is COc1ccccc1-c1nn(-c2ccccc2)cc1C(=O)N1CCN(c2ccc([N+](=O)[O-])cc2)CC1. The van der Waals surface area contributed by atoms with Crippen LogP contribution in [0.15, 0.2) is 85.1 Å². The number of nitrogens with zero attached hydrogens (tertiary/aromatic N) is 5. The third kappa shape index (κ3) is 4.50. The lowest BCUT2D eigenvalue weighted by Crippen LogP contribution is -2.48. The minimum atomic E-state index is -0.407. The highest BCUT2D eigenvalue weighted by atomic mass is 16.6. The lowest BCUT2D eigenvalue weighted by molar-refractivity contribution is -0.384. The summed E-state index contributed by atoms with van der Waals surface area (Å²) in [5, 5.41) is 15.7. The molecule has 1 aliphatic heterocycles. The van der Waals surface area contributed by atoms with Gasteiger partial charge in [-0.1, -0.05) is 30.3 Å². The second kappa shape index (κ2) is 9.91. The Labute approximate surface area is 208 Å². The molecule has 0 unspecified atom stereocenters. The summed E-state index contributed by atoms with van der Waals surface area (Å²) in [6, 6.07) is 23.7. The highest BCUT2D eigenvalue weighted by Gasteiger charge is 2.28. The molecule has 0 spiro atoms. The molecule has 1 aromatic heterocycles. The number of nitro benzene ring substituents is 1. The van der Waals surface area contributed by atoms with Crippen LogP contribution in [-0.4, -0.2) is 58.8 Å². The summed E-state index contributed by atoms with van der Waals surface area (Å²) >= 11 is 0. The number of amides is 1. The Balaban J connectivity index is 1.41. The molecular formula is C27H25N5O4. The van der Waals surface area contributed by atoms with Gasteiger partial charge in [0.15, 0.2) is 0 Å². The summed E-state index contributed by atoms with van der Waals surface area (Å²) < 4.78 is 7.28. The number of piperazine rings is 1. The van der Waals surface area contributed by atoms with Gasteiger partial charge in [0.1, 0.15) is 11.4 Å². The zero-order valence-corrected chi connectivity index (χ0v) is 19.8. The molecule has 3 aromatic carbocycles. The van der Waals surface area contributed by atoms with Crippen molar-refractivity contribution in [1.29, 1.82) is 0 Å². The van der Waals surface area contributed by atoms with Crippen LogP contribution in [-0.2, 0) is 0 Å². The molecule has 1 amide bonds. The first-order valence-electron chi connectivity index (χ1n) is 11.6. The molecule has 0 bridgehead atoms. The molecule has 2 heterocycles. The van der Waals surface area contributed by atoms with Crippen molar-refractivity contribution in [3.05, 3.63) is 101 Å². The van der Waals surface area contributed by atoms with Gasteiger partial charge in [0.25, 0.3) is 11.6 Å². The number of nitro groups is 1. The number of benzene rings is 3. The van der Waals surface area contributed by atoms with Crippen LogP contribution in [0.5, 0.6) is 5.75 Å². The number of anilines is 1. The van der Waals surface area contributed by atoms with E-state index >= 15 is 0 Å². The van der Waals surface area contributed by atoms with Gasteiger partial charge in [-0.3, -0.25) is 14.9 Å². The monoisotopic (exact) mass is 483 g/mol. The minimum Gasteiger partial charge on any atom is -0.496 e. The van der Waals surface area contributed by atoms with Crippen molar-refractivity contribution in [1.82, 2.24) is 14.7 Å². The summed E-state index contributed by atoms with van der Waals surface area (Å²) in [4.78, 5) is 28.2. The molecule has 9 nitrogen and oxygen atoms in total. The van der Waals surface area contributed by atoms with Crippen LogP contribution in [0.2, 0.25) is 0 Å². The van der Waals surface area contributed by atoms with Gasteiger partial charge in [-0.15, -0.1) is 0 Å². The molecule has 1 fully saturated rings. The summed E-state index contributed by atoms with van der Waals surface area (Å²) in [5.41, 5.74) is 3.65. The molecule has 5 rings (SSSR count). The van der Waals surface area contributed by atoms with E-state index in [1.165, 1.54) is 12.1 Å². The number of hydrogen-bond donors (Lipinski definition) is 0. The maximum atomic E-state index is 13.7. The Morgan fingerprint density at radius 1 is 0.889 bits per heavy atom. The van der Waals surface area contributed by atoms with Crippen LogP contribution in [0.4, 0.5) is 11.4 Å². The average molecular weight is 484 g/mol. The second-order valence-corrected chi connectivity index (χ2v) is 8.42. The van der Waals surface area contributed by atoms with Gasteiger partial charge in [-0.25, -0.2) is 4.68 Å². The number of non-ortho nitro benzene ring substituents is 1. The molecule has 0 atom stereocenters. The first-order chi connectivity index (χ1) is 17.5. The Morgan fingerprint density at radius 2 is 1.56 bits per heavy atom. The fourth-order valence-electron chi connectivity index (χ4n) is 4.41. The zero-order chi connectivity index (χ0) is 25.1. The molecular weight excluding hydrogens is 458 g/mol. The third-order valence-electron chi connectivity index (χ3n) is 6.32. The molecule has 0 saturated carbocycles. The fourth-order valence-corrected chi connectivity index (χ4v) is 4.41. The normalized spacial score (nSPS) is 13.5. The van der Waals surface area contributed by atoms with Crippen molar-refractivity contribution in [3.8, 4) is 22.7 Å². The van der Waals surface area contributed by atoms with E-state index in [-0.39, 0.29) is 11.6 Å². The fraction of sp³-hybridized carbons (Fsp3) is 0.185. The molecule has 4 aromatic rings. The number of methoxy groups -OCH3 is 1. The van der Waals surface area contributed by atoms with E-state index in [4.69, 9.17) is 9.84 Å². The van der Waals surface area contributed by atoms with Gasteiger partial charge in [0.05, 0.1) is 23.3 Å². The Bertz CT molecular complexity index is 1380. The number of ether oxygens (including phenoxy) is 1. The van der Waals surface area contributed by atoms with Crippen molar-refractivity contribution in [2.45, 2.75) is 0 Å². The van der Waals surface area contributed by atoms with E-state index in [2.05, 4.69) is 4.90 Å². The van der Waals surface area contributed by atoms with Crippen molar-refractivity contribution >= 4 is 17.3 Å². The van der Waals surface area contributed by atoms with Crippen molar-refractivity contribution < 1.29 is 14.5 Å². The highest BCUT2D eigenvalue weighted by Crippen LogP contribution is 2.32. The Kier molecular flexibility index (Phi) is 6.36. The van der Waals surface area contributed by atoms with Crippen LogP contribution in [0.3, 0.4) is 0 Å². The Morgan fingerprint density at radius 3 is 2.22 bits per heavy atom. The van der Waals surface area contributed by atoms with E-state index in [1.54, 1.807) is 30.1 Å². The number of carbonyl (C=O) groups is 1. The quantitative estimate of drug-likeness (QED) is 0.298. The maximum Gasteiger partial charge on any atom is 0.269 e. The zero-order valence-electron chi connectivity index (χ0n) is 19.8. The number of rotatable bonds is 6. The van der Waals surface area contributed by atoms with Crippen molar-refractivity contribution in [3.63, 3.8) is 0 Å².